The fourth-order valence-electron chi connectivity index (χ4n) is 1.99. The lowest BCUT2D eigenvalue weighted by Crippen LogP contribution is -2.43. The number of hydrogen-bond donors (Lipinski definition) is 0. The number of halogens is 1. The van der Waals surface area contributed by atoms with Gasteiger partial charge in [0, 0.05) is 26.3 Å². The number of alkyl halides is 1. The summed E-state index contributed by atoms with van der Waals surface area (Å²) in [5.41, 5.74) is 0.320. The van der Waals surface area contributed by atoms with Gasteiger partial charge in [-0.25, -0.2) is 0 Å². The maximum Gasteiger partial charge on any atom is 0.276 e. The number of aromatic nitrogens is 1. The van der Waals surface area contributed by atoms with Gasteiger partial charge in [0.15, 0.2) is 11.5 Å². The summed E-state index contributed by atoms with van der Waals surface area (Å²) in [7, 11) is 1.56. The molecular weight excluding hydrogens is 256 g/mol. The van der Waals surface area contributed by atoms with Crippen LogP contribution in [0.15, 0.2) is 10.6 Å². The minimum Gasteiger partial charge on any atom is -0.377 e. The lowest BCUT2D eigenvalue weighted by molar-refractivity contribution is 0.0690. The third-order valence-electron chi connectivity index (χ3n) is 3.22. The number of carbonyl (C=O) groups is 1. The molecule has 0 spiro atoms. The van der Waals surface area contributed by atoms with Crippen molar-refractivity contribution in [3.8, 4) is 0 Å². The van der Waals surface area contributed by atoms with Crippen molar-refractivity contribution < 1.29 is 14.1 Å². The van der Waals surface area contributed by atoms with Crippen molar-refractivity contribution in [3.63, 3.8) is 0 Å². The van der Waals surface area contributed by atoms with Crippen LogP contribution >= 0.6 is 11.6 Å². The second-order valence-corrected chi connectivity index (χ2v) is 5.21. The molecule has 1 amide bonds. The molecule has 0 radical (unpaired) electrons. The number of ether oxygens (including phenoxy) is 1. The summed E-state index contributed by atoms with van der Waals surface area (Å²) in [6.07, 6.45) is 0.919. The van der Waals surface area contributed by atoms with E-state index in [1.54, 1.807) is 18.1 Å². The third kappa shape index (κ3) is 2.84. The van der Waals surface area contributed by atoms with E-state index in [9.17, 15) is 4.79 Å². The topological polar surface area (TPSA) is 55.6 Å². The molecule has 1 fully saturated rings. The number of likely N-dealkylation sites (tertiary alicyclic amines) is 1. The molecule has 18 heavy (non-hydrogen) atoms. The Kier molecular flexibility index (Phi) is 4.24. The fraction of sp³-hybridized carbons (Fsp3) is 0.667. The standard InChI is InChI=1S/C12H17ClN2O3/c1-8-3-4-15(6-10(8)13)12(16)11-5-9(7-17-2)18-14-11/h5,8,10H,3-4,6-7H2,1-2H3. The first-order chi connectivity index (χ1) is 8.61. The molecule has 1 aliphatic heterocycles. The van der Waals surface area contributed by atoms with Crippen LogP contribution in [0.3, 0.4) is 0 Å². The number of amides is 1. The Balaban J connectivity index is 2.02. The Morgan fingerprint density at radius 1 is 1.72 bits per heavy atom. The van der Waals surface area contributed by atoms with Crippen LogP contribution in [-0.4, -0.2) is 41.5 Å². The van der Waals surface area contributed by atoms with Gasteiger partial charge < -0.3 is 14.2 Å². The summed E-state index contributed by atoms with van der Waals surface area (Å²) in [4.78, 5) is 13.9. The Morgan fingerprint density at radius 3 is 3.17 bits per heavy atom. The molecular formula is C12H17ClN2O3. The highest BCUT2D eigenvalue weighted by Gasteiger charge is 2.29. The van der Waals surface area contributed by atoms with Gasteiger partial charge in [0.05, 0.1) is 5.38 Å². The Labute approximate surface area is 111 Å². The third-order valence-corrected chi connectivity index (χ3v) is 3.79. The van der Waals surface area contributed by atoms with Crippen molar-refractivity contribution >= 4 is 17.5 Å². The van der Waals surface area contributed by atoms with E-state index in [0.717, 1.165) is 13.0 Å². The predicted octanol–water partition coefficient (Wildman–Crippen LogP) is 1.91. The van der Waals surface area contributed by atoms with E-state index < -0.39 is 0 Å². The quantitative estimate of drug-likeness (QED) is 0.789. The van der Waals surface area contributed by atoms with E-state index in [0.29, 0.717) is 30.5 Å². The van der Waals surface area contributed by atoms with Gasteiger partial charge in [-0.15, -0.1) is 11.6 Å². The number of methoxy groups -OCH3 is 1. The largest absolute Gasteiger partial charge is 0.377 e. The first kappa shape index (κ1) is 13.4. The zero-order valence-electron chi connectivity index (χ0n) is 10.6. The summed E-state index contributed by atoms with van der Waals surface area (Å²) < 4.78 is 9.93. The van der Waals surface area contributed by atoms with E-state index >= 15 is 0 Å². The first-order valence-corrected chi connectivity index (χ1v) is 6.43. The summed E-state index contributed by atoms with van der Waals surface area (Å²) in [6, 6.07) is 1.62. The minimum absolute atomic E-state index is 0.00745. The van der Waals surface area contributed by atoms with Gasteiger partial charge in [-0.1, -0.05) is 12.1 Å². The highest BCUT2D eigenvalue weighted by molar-refractivity contribution is 6.21. The number of nitrogens with zero attached hydrogens (tertiary/aromatic N) is 2. The molecule has 1 saturated heterocycles. The van der Waals surface area contributed by atoms with Gasteiger partial charge in [0.1, 0.15) is 6.61 Å². The molecule has 1 aliphatic rings. The second kappa shape index (κ2) is 5.71. The van der Waals surface area contributed by atoms with Crippen molar-refractivity contribution in [2.24, 2.45) is 5.92 Å². The monoisotopic (exact) mass is 272 g/mol. The molecule has 0 aliphatic carbocycles. The molecule has 6 heteroatoms. The Morgan fingerprint density at radius 2 is 2.50 bits per heavy atom. The highest BCUT2D eigenvalue weighted by atomic mass is 35.5. The zero-order valence-corrected chi connectivity index (χ0v) is 11.3. The lowest BCUT2D eigenvalue weighted by Gasteiger charge is -2.33. The molecule has 1 aromatic heterocycles. The summed E-state index contributed by atoms with van der Waals surface area (Å²) in [5.74, 6) is 0.865. The van der Waals surface area contributed by atoms with Gasteiger partial charge in [0.25, 0.3) is 5.91 Å². The number of carbonyl (C=O) groups excluding carboxylic acids is 1. The molecule has 0 bridgehead atoms. The highest BCUT2D eigenvalue weighted by Crippen LogP contribution is 2.23. The maximum atomic E-state index is 12.2. The Hall–Kier alpha value is -1.07. The normalized spacial score (nSPS) is 24.3. The van der Waals surface area contributed by atoms with E-state index in [2.05, 4.69) is 12.1 Å². The zero-order chi connectivity index (χ0) is 13.1. The molecule has 1 aromatic rings. The van der Waals surface area contributed by atoms with E-state index in [-0.39, 0.29) is 11.3 Å². The lowest BCUT2D eigenvalue weighted by atomic mass is 9.98. The molecule has 0 N–H and O–H groups in total. The number of hydrogen-bond acceptors (Lipinski definition) is 4. The van der Waals surface area contributed by atoms with E-state index in [4.69, 9.17) is 20.9 Å². The average Bonchev–Trinajstić information content (AvgIpc) is 2.81. The van der Waals surface area contributed by atoms with Crippen LogP contribution in [-0.2, 0) is 11.3 Å². The van der Waals surface area contributed by atoms with E-state index in [1.807, 2.05) is 0 Å². The van der Waals surface area contributed by atoms with Gasteiger partial charge in [-0.3, -0.25) is 4.79 Å². The van der Waals surface area contributed by atoms with Gasteiger partial charge in [-0.2, -0.15) is 0 Å². The molecule has 2 unspecified atom stereocenters. The van der Waals surface area contributed by atoms with Gasteiger partial charge in [-0.05, 0) is 12.3 Å². The maximum absolute atomic E-state index is 12.2. The summed E-state index contributed by atoms with van der Waals surface area (Å²) in [6.45, 7) is 3.70. The molecule has 5 nitrogen and oxygen atoms in total. The van der Waals surface area contributed by atoms with Gasteiger partial charge in [0.2, 0.25) is 0 Å². The fourth-order valence-corrected chi connectivity index (χ4v) is 2.29. The van der Waals surface area contributed by atoms with Gasteiger partial charge >= 0.3 is 0 Å². The van der Waals surface area contributed by atoms with Crippen molar-refractivity contribution in [1.29, 1.82) is 0 Å². The van der Waals surface area contributed by atoms with Crippen molar-refractivity contribution in [2.75, 3.05) is 20.2 Å². The van der Waals surface area contributed by atoms with Crippen molar-refractivity contribution in [3.05, 3.63) is 17.5 Å². The van der Waals surface area contributed by atoms with Crippen LogP contribution in [0, 0.1) is 5.92 Å². The van der Waals surface area contributed by atoms with Crippen LogP contribution in [0.1, 0.15) is 29.6 Å². The van der Waals surface area contributed by atoms with Crippen molar-refractivity contribution in [1.82, 2.24) is 10.1 Å². The Bertz CT molecular complexity index is 421. The van der Waals surface area contributed by atoms with Crippen molar-refractivity contribution in [2.45, 2.75) is 25.3 Å². The van der Waals surface area contributed by atoms with Crippen LogP contribution in [0.25, 0.3) is 0 Å². The predicted molar refractivity (Wildman–Crippen MR) is 66.5 cm³/mol. The minimum atomic E-state index is -0.126. The van der Waals surface area contributed by atoms with Crippen LogP contribution < -0.4 is 0 Å². The number of rotatable bonds is 3. The van der Waals surface area contributed by atoms with Crippen LogP contribution in [0.2, 0.25) is 0 Å². The van der Waals surface area contributed by atoms with Crippen LogP contribution in [0.5, 0.6) is 0 Å². The molecule has 2 rings (SSSR count). The van der Waals surface area contributed by atoms with Crippen LogP contribution in [0.4, 0.5) is 0 Å². The smallest absolute Gasteiger partial charge is 0.276 e. The SMILES string of the molecule is COCc1cc(C(=O)N2CCC(C)C(Cl)C2)no1. The molecule has 2 atom stereocenters. The summed E-state index contributed by atoms with van der Waals surface area (Å²) in [5, 5.41) is 3.77. The molecule has 0 saturated carbocycles. The molecule has 2 heterocycles. The number of piperidine rings is 1. The molecule has 100 valence electrons. The molecule has 0 aromatic carbocycles. The second-order valence-electron chi connectivity index (χ2n) is 4.64. The summed E-state index contributed by atoms with van der Waals surface area (Å²) >= 11 is 6.19. The van der Waals surface area contributed by atoms with E-state index in [1.165, 1.54) is 0 Å². The first-order valence-electron chi connectivity index (χ1n) is 5.99. The average molecular weight is 273 g/mol.